The maximum atomic E-state index is 5.88. The number of hydrogen-bond acceptors (Lipinski definition) is 2. The Kier molecular flexibility index (Phi) is 16.7. The van der Waals surface area contributed by atoms with Crippen molar-refractivity contribution in [2.24, 2.45) is 0 Å². The van der Waals surface area contributed by atoms with E-state index in [1.807, 2.05) is 0 Å². The maximum Gasteiger partial charge on any atom is 0.260 e. The van der Waals surface area contributed by atoms with Crippen LogP contribution in [-0.2, 0) is 9.16 Å². The van der Waals surface area contributed by atoms with E-state index in [0.717, 1.165) is 12.4 Å². The van der Waals surface area contributed by atoms with Gasteiger partial charge in [0.15, 0.2) is 0 Å². The van der Waals surface area contributed by atoms with Gasteiger partial charge in [0.25, 0.3) is 5.95 Å². The SMILES string of the molecule is CCCCCCCCCCCCCCCC/C=C(/OC)O[Si](C)(C)C. The summed E-state index contributed by atoms with van der Waals surface area (Å²) < 4.78 is 11.2. The van der Waals surface area contributed by atoms with Crippen LogP contribution in [0.2, 0.25) is 19.6 Å². The fourth-order valence-corrected chi connectivity index (χ4v) is 3.80. The first-order valence-electron chi connectivity index (χ1n) is 10.9. The third-order valence-electron chi connectivity index (χ3n) is 4.48. The van der Waals surface area contributed by atoms with Crippen molar-refractivity contribution in [3.05, 3.63) is 12.0 Å². The molecule has 0 unspecified atom stereocenters. The van der Waals surface area contributed by atoms with E-state index in [1.54, 1.807) is 7.11 Å². The molecule has 0 aromatic heterocycles. The maximum absolute atomic E-state index is 5.88. The molecule has 0 amide bonds. The Balaban J connectivity index is 3.33. The summed E-state index contributed by atoms with van der Waals surface area (Å²) in [6.07, 6.45) is 22.9. The molecule has 0 heterocycles. The molecule has 0 atom stereocenters. The average molecular weight is 371 g/mol. The van der Waals surface area contributed by atoms with Crippen LogP contribution in [-0.4, -0.2) is 15.4 Å². The van der Waals surface area contributed by atoms with Gasteiger partial charge in [-0.2, -0.15) is 0 Å². The molecule has 0 fully saturated rings. The first-order chi connectivity index (χ1) is 12.0. The molecule has 0 radical (unpaired) electrons. The summed E-state index contributed by atoms with van der Waals surface area (Å²) in [6, 6.07) is 0. The van der Waals surface area contributed by atoms with Crippen molar-refractivity contribution in [1.29, 1.82) is 0 Å². The van der Waals surface area contributed by atoms with E-state index < -0.39 is 8.32 Å². The summed E-state index contributed by atoms with van der Waals surface area (Å²) >= 11 is 0. The highest BCUT2D eigenvalue weighted by Gasteiger charge is 2.17. The standard InChI is InChI=1S/C22H46O2Si/c1-6-7-8-9-10-11-12-13-14-15-16-17-18-19-20-21-22(23-2)24-25(3,4)5/h21H,6-20H2,1-5H3/b22-21-. The summed E-state index contributed by atoms with van der Waals surface area (Å²) in [5.41, 5.74) is 0. The van der Waals surface area contributed by atoms with Crippen LogP contribution in [0.1, 0.15) is 103 Å². The Morgan fingerprint density at radius 3 is 1.44 bits per heavy atom. The van der Waals surface area contributed by atoms with Crippen molar-refractivity contribution < 1.29 is 9.16 Å². The van der Waals surface area contributed by atoms with Crippen LogP contribution in [0, 0.1) is 0 Å². The minimum Gasteiger partial charge on any atom is -0.520 e. The number of hydrogen-bond donors (Lipinski definition) is 0. The molecule has 0 saturated carbocycles. The molecule has 0 aromatic carbocycles. The highest BCUT2D eigenvalue weighted by Crippen LogP contribution is 2.15. The zero-order chi connectivity index (χ0) is 18.8. The lowest BCUT2D eigenvalue weighted by Crippen LogP contribution is -2.25. The molecule has 0 bridgehead atoms. The Hall–Kier alpha value is -0.443. The molecule has 0 aliphatic rings. The zero-order valence-corrected chi connectivity index (χ0v) is 19.0. The third kappa shape index (κ3) is 19.7. The predicted molar refractivity (Wildman–Crippen MR) is 114 cm³/mol. The van der Waals surface area contributed by atoms with Crippen molar-refractivity contribution in [2.45, 2.75) is 123 Å². The fraction of sp³-hybridized carbons (Fsp3) is 0.909. The molecule has 0 saturated heterocycles. The highest BCUT2D eigenvalue weighted by atomic mass is 28.4. The van der Waals surface area contributed by atoms with Crippen molar-refractivity contribution >= 4 is 8.32 Å². The van der Waals surface area contributed by atoms with Gasteiger partial charge >= 0.3 is 0 Å². The van der Waals surface area contributed by atoms with Gasteiger partial charge in [-0.3, -0.25) is 0 Å². The van der Waals surface area contributed by atoms with Crippen molar-refractivity contribution in [3.8, 4) is 0 Å². The van der Waals surface area contributed by atoms with Gasteiger partial charge < -0.3 is 9.16 Å². The fourth-order valence-electron chi connectivity index (χ4n) is 3.03. The van der Waals surface area contributed by atoms with Crippen LogP contribution in [0.4, 0.5) is 0 Å². The van der Waals surface area contributed by atoms with Crippen LogP contribution < -0.4 is 0 Å². The van der Waals surface area contributed by atoms with Gasteiger partial charge in [0.1, 0.15) is 0 Å². The molecule has 0 rings (SSSR count). The molecule has 2 nitrogen and oxygen atoms in total. The first-order valence-corrected chi connectivity index (χ1v) is 14.3. The van der Waals surface area contributed by atoms with Gasteiger partial charge in [-0.05, 0) is 38.6 Å². The van der Waals surface area contributed by atoms with Gasteiger partial charge in [0.05, 0.1) is 7.11 Å². The van der Waals surface area contributed by atoms with Gasteiger partial charge in [-0.15, -0.1) is 0 Å². The number of ether oxygens (including phenoxy) is 1. The minimum absolute atomic E-state index is 0.730. The Morgan fingerprint density at radius 1 is 0.680 bits per heavy atom. The summed E-state index contributed by atoms with van der Waals surface area (Å²) in [5, 5.41) is 0. The lowest BCUT2D eigenvalue weighted by atomic mass is 10.0. The summed E-state index contributed by atoms with van der Waals surface area (Å²) in [4.78, 5) is 0. The van der Waals surface area contributed by atoms with Crippen molar-refractivity contribution in [2.75, 3.05) is 7.11 Å². The van der Waals surface area contributed by atoms with E-state index in [4.69, 9.17) is 9.16 Å². The molecule has 0 spiro atoms. The van der Waals surface area contributed by atoms with Crippen LogP contribution in [0.25, 0.3) is 0 Å². The summed E-state index contributed by atoms with van der Waals surface area (Å²) in [7, 11) is 0.162. The van der Waals surface area contributed by atoms with Crippen molar-refractivity contribution in [1.82, 2.24) is 0 Å². The molecular formula is C22H46O2Si. The third-order valence-corrected chi connectivity index (χ3v) is 5.29. The monoisotopic (exact) mass is 370 g/mol. The Morgan fingerprint density at radius 2 is 1.08 bits per heavy atom. The van der Waals surface area contributed by atoms with Crippen LogP contribution >= 0.6 is 0 Å². The Labute approximate surface area is 159 Å². The molecule has 3 heteroatoms. The number of rotatable bonds is 18. The first kappa shape index (κ1) is 24.6. The summed E-state index contributed by atoms with van der Waals surface area (Å²) in [6.45, 7) is 8.85. The number of unbranched alkanes of at least 4 members (excludes halogenated alkanes) is 14. The minimum atomic E-state index is -1.54. The number of methoxy groups -OCH3 is 1. The van der Waals surface area contributed by atoms with Crippen LogP contribution in [0.3, 0.4) is 0 Å². The van der Waals surface area contributed by atoms with Crippen LogP contribution in [0.5, 0.6) is 0 Å². The van der Waals surface area contributed by atoms with Gasteiger partial charge in [0.2, 0.25) is 8.32 Å². The topological polar surface area (TPSA) is 18.5 Å². The van der Waals surface area contributed by atoms with Crippen molar-refractivity contribution in [3.63, 3.8) is 0 Å². The second-order valence-electron chi connectivity index (χ2n) is 8.33. The smallest absolute Gasteiger partial charge is 0.260 e. The summed E-state index contributed by atoms with van der Waals surface area (Å²) in [5.74, 6) is 0.730. The van der Waals surface area contributed by atoms with E-state index in [0.29, 0.717) is 0 Å². The van der Waals surface area contributed by atoms with Gasteiger partial charge in [-0.1, -0.05) is 90.4 Å². The predicted octanol–water partition coefficient (Wildman–Crippen LogP) is 8.20. The van der Waals surface area contributed by atoms with E-state index in [1.165, 1.54) is 89.9 Å². The number of allylic oxidation sites excluding steroid dienone is 1. The lowest BCUT2D eigenvalue weighted by Gasteiger charge is -2.20. The largest absolute Gasteiger partial charge is 0.520 e. The highest BCUT2D eigenvalue weighted by molar-refractivity contribution is 6.69. The molecule has 0 aliphatic carbocycles. The van der Waals surface area contributed by atoms with E-state index in [2.05, 4.69) is 32.6 Å². The van der Waals surface area contributed by atoms with Gasteiger partial charge in [0, 0.05) is 0 Å². The van der Waals surface area contributed by atoms with Crippen LogP contribution in [0.15, 0.2) is 12.0 Å². The molecular weight excluding hydrogens is 324 g/mol. The molecule has 150 valence electrons. The molecule has 25 heavy (non-hydrogen) atoms. The van der Waals surface area contributed by atoms with E-state index >= 15 is 0 Å². The molecule has 0 aromatic rings. The quantitative estimate of drug-likeness (QED) is 0.137. The van der Waals surface area contributed by atoms with E-state index in [9.17, 15) is 0 Å². The van der Waals surface area contributed by atoms with Gasteiger partial charge in [-0.25, -0.2) is 0 Å². The second kappa shape index (κ2) is 17.0. The zero-order valence-electron chi connectivity index (χ0n) is 18.0. The molecule has 0 aliphatic heterocycles. The van der Waals surface area contributed by atoms with E-state index in [-0.39, 0.29) is 0 Å². The average Bonchev–Trinajstić information content (AvgIpc) is 2.56. The lowest BCUT2D eigenvalue weighted by molar-refractivity contribution is 0.145. The molecule has 0 N–H and O–H groups in total. The second-order valence-corrected chi connectivity index (χ2v) is 12.8. The Bertz CT molecular complexity index is 308. The normalized spacial score (nSPS) is 12.4.